The Labute approximate surface area is 183 Å². The van der Waals surface area contributed by atoms with Gasteiger partial charge in [0, 0.05) is 0 Å². The average molecular weight is 490 g/mol. The van der Waals surface area contributed by atoms with Gasteiger partial charge in [0.05, 0.1) is 14.2 Å². The van der Waals surface area contributed by atoms with Crippen LogP contribution in [-0.4, -0.2) is 14.2 Å². The van der Waals surface area contributed by atoms with Gasteiger partial charge in [-0.1, -0.05) is 34.1 Å². The van der Waals surface area contributed by atoms with Crippen molar-refractivity contribution in [2.45, 2.75) is 4.90 Å². The van der Waals surface area contributed by atoms with Gasteiger partial charge in [0.25, 0.3) is 0 Å². The first-order valence-electron chi connectivity index (χ1n) is 8.04. The predicted molar refractivity (Wildman–Crippen MR) is 112 cm³/mol. The van der Waals surface area contributed by atoms with Gasteiger partial charge in [-0.05, 0) is 45.8 Å². The Hall–Kier alpha value is -1.65. The predicted octanol–water partition coefficient (Wildman–Crippen LogP) is 6.45. The fourth-order valence-electron chi connectivity index (χ4n) is 2.44. The third kappa shape index (κ3) is 5.66. The summed E-state index contributed by atoms with van der Waals surface area (Å²) >= 11 is 5.22. The Bertz CT molecular complexity index is 893. The maximum atomic E-state index is 5.27. The van der Waals surface area contributed by atoms with Crippen molar-refractivity contribution in [3.63, 3.8) is 0 Å². The van der Waals surface area contributed by atoms with E-state index in [4.69, 9.17) is 9.47 Å². The summed E-state index contributed by atoms with van der Waals surface area (Å²) in [6.45, 7) is 0. The van der Waals surface area contributed by atoms with Crippen molar-refractivity contribution >= 4 is 33.3 Å². The van der Waals surface area contributed by atoms with E-state index in [-0.39, 0.29) is 17.1 Å². The Balaban J connectivity index is 0.00000261. The number of hydrogen-bond acceptors (Lipinski definition) is 3. The molecule has 0 radical (unpaired) electrons. The zero-order chi connectivity index (χ0) is 18.4. The van der Waals surface area contributed by atoms with Crippen molar-refractivity contribution in [2.75, 3.05) is 14.2 Å². The standard InChI is InChI=1S/C22H18BrO2S.Cu/c1-24-17-9-7-16(8-10-17)21(20-5-3-4-6-22(20)23)15-26-19-13-11-18(25-2)12-14-19;/h3-14H,1-2H3;/q-1;+1. The number of ether oxygens (including phenoxy) is 2. The molecular formula is C22H18BrCuO2S. The summed E-state index contributed by atoms with van der Waals surface area (Å²) in [6.07, 6.45) is 0. The van der Waals surface area contributed by atoms with Crippen molar-refractivity contribution in [2.24, 2.45) is 0 Å². The molecule has 0 aliphatic carbocycles. The van der Waals surface area contributed by atoms with Gasteiger partial charge in [-0.15, -0.1) is 34.7 Å². The molecule has 0 saturated heterocycles. The summed E-state index contributed by atoms with van der Waals surface area (Å²) in [6, 6.07) is 24.2. The molecule has 3 aromatic carbocycles. The van der Waals surface area contributed by atoms with Gasteiger partial charge in [-0.25, -0.2) is 0 Å². The van der Waals surface area contributed by atoms with E-state index in [2.05, 4.69) is 39.5 Å². The monoisotopic (exact) mass is 488 g/mol. The number of halogens is 1. The van der Waals surface area contributed by atoms with Crippen LogP contribution in [0, 0.1) is 5.41 Å². The second-order valence-corrected chi connectivity index (χ2v) is 7.20. The quantitative estimate of drug-likeness (QED) is 0.225. The molecule has 0 aliphatic rings. The average Bonchev–Trinajstić information content (AvgIpc) is 2.70. The molecule has 3 aromatic rings. The number of methoxy groups -OCH3 is 2. The molecular weight excluding hydrogens is 472 g/mol. The first-order valence-corrected chi connectivity index (χ1v) is 9.65. The molecule has 0 bridgehead atoms. The third-order valence-corrected chi connectivity index (χ3v) is 5.36. The molecule has 0 unspecified atom stereocenters. The normalized spacial score (nSPS) is 10.9. The van der Waals surface area contributed by atoms with Crippen molar-refractivity contribution in [1.29, 1.82) is 0 Å². The molecule has 0 fully saturated rings. The molecule has 0 amide bonds. The summed E-state index contributed by atoms with van der Waals surface area (Å²) in [7, 11) is 3.34. The maximum Gasteiger partial charge on any atom is 1.00 e. The summed E-state index contributed by atoms with van der Waals surface area (Å²) < 4.78 is 11.5. The molecule has 142 valence electrons. The van der Waals surface area contributed by atoms with Crippen molar-refractivity contribution in [3.8, 4) is 11.5 Å². The van der Waals surface area contributed by atoms with Crippen LogP contribution in [0.3, 0.4) is 0 Å². The summed E-state index contributed by atoms with van der Waals surface area (Å²) in [4.78, 5) is 1.10. The van der Waals surface area contributed by atoms with Crippen LogP contribution >= 0.6 is 27.7 Å². The molecule has 3 rings (SSSR count). The van der Waals surface area contributed by atoms with Gasteiger partial charge in [0.1, 0.15) is 11.5 Å². The van der Waals surface area contributed by atoms with E-state index in [0.717, 1.165) is 37.6 Å². The number of rotatable bonds is 6. The van der Waals surface area contributed by atoms with E-state index < -0.39 is 0 Å². The minimum Gasteiger partial charge on any atom is -0.497 e. The number of hydrogen-bond donors (Lipinski definition) is 0. The van der Waals surface area contributed by atoms with E-state index in [0.29, 0.717) is 0 Å². The van der Waals surface area contributed by atoms with Crippen LogP contribution in [-0.2, 0) is 17.1 Å². The topological polar surface area (TPSA) is 18.5 Å². The second kappa shape index (κ2) is 10.6. The summed E-state index contributed by atoms with van der Waals surface area (Å²) in [5.74, 6) is 1.68. The van der Waals surface area contributed by atoms with Crippen molar-refractivity contribution in [3.05, 3.63) is 93.8 Å². The Morgan fingerprint density at radius 3 is 1.93 bits per heavy atom. The minimum absolute atomic E-state index is 0. The fourth-order valence-corrected chi connectivity index (χ4v) is 3.65. The first kappa shape index (κ1) is 21.6. The van der Waals surface area contributed by atoms with Crippen LogP contribution in [0.4, 0.5) is 0 Å². The van der Waals surface area contributed by atoms with Crippen LogP contribution in [0.25, 0.3) is 5.57 Å². The Morgan fingerprint density at radius 2 is 1.37 bits per heavy atom. The molecule has 0 spiro atoms. The first-order chi connectivity index (χ1) is 12.7. The maximum absolute atomic E-state index is 5.27. The number of benzene rings is 3. The Morgan fingerprint density at radius 1 is 0.815 bits per heavy atom. The molecule has 0 aromatic heterocycles. The largest absolute Gasteiger partial charge is 1.00 e. The minimum atomic E-state index is 0. The van der Waals surface area contributed by atoms with Gasteiger partial charge < -0.3 is 9.47 Å². The fraction of sp³-hybridized carbons (Fsp3) is 0.0909. The van der Waals surface area contributed by atoms with Crippen LogP contribution in [0.5, 0.6) is 11.5 Å². The van der Waals surface area contributed by atoms with Crippen LogP contribution in [0.2, 0.25) is 0 Å². The van der Waals surface area contributed by atoms with Crippen molar-refractivity contribution in [1.82, 2.24) is 0 Å². The van der Waals surface area contributed by atoms with Crippen LogP contribution < -0.4 is 9.47 Å². The molecule has 0 aliphatic heterocycles. The van der Waals surface area contributed by atoms with Gasteiger partial charge in [-0.3, -0.25) is 0 Å². The SMILES string of the molecule is COc1ccc(S[C-]=C(c2ccc(OC)cc2)c2ccccc2Br)cc1.[Cu+]. The molecule has 0 N–H and O–H groups in total. The van der Waals surface area contributed by atoms with E-state index in [1.165, 1.54) is 0 Å². The van der Waals surface area contributed by atoms with Crippen LogP contribution in [0.1, 0.15) is 11.1 Å². The van der Waals surface area contributed by atoms with Gasteiger partial charge in [0.15, 0.2) is 0 Å². The molecule has 5 heteroatoms. The third-order valence-electron chi connectivity index (χ3n) is 3.85. The van der Waals surface area contributed by atoms with Gasteiger partial charge >= 0.3 is 17.1 Å². The summed E-state index contributed by atoms with van der Waals surface area (Å²) in [5.41, 5.74) is 3.21. The molecule has 2 nitrogen and oxygen atoms in total. The van der Waals surface area contributed by atoms with E-state index in [9.17, 15) is 0 Å². The molecule has 27 heavy (non-hydrogen) atoms. The van der Waals surface area contributed by atoms with Gasteiger partial charge in [0.2, 0.25) is 0 Å². The zero-order valence-corrected chi connectivity index (χ0v) is 18.2. The second-order valence-electron chi connectivity index (χ2n) is 5.46. The Kier molecular flexibility index (Phi) is 8.52. The molecule has 0 heterocycles. The van der Waals surface area contributed by atoms with E-state index >= 15 is 0 Å². The van der Waals surface area contributed by atoms with E-state index in [1.54, 1.807) is 26.0 Å². The molecule has 0 atom stereocenters. The van der Waals surface area contributed by atoms with Gasteiger partial charge in [-0.2, -0.15) is 17.3 Å². The van der Waals surface area contributed by atoms with Crippen LogP contribution in [0.15, 0.2) is 82.2 Å². The molecule has 0 saturated carbocycles. The smallest absolute Gasteiger partial charge is 0.497 e. The van der Waals surface area contributed by atoms with E-state index in [1.807, 2.05) is 54.6 Å². The van der Waals surface area contributed by atoms with Crippen molar-refractivity contribution < 1.29 is 26.5 Å². The summed E-state index contributed by atoms with van der Waals surface area (Å²) in [5, 5.41) is 3.51. The number of thioether (sulfide) groups is 1. The zero-order valence-electron chi connectivity index (χ0n) is 14.8.